The van der Waals surface area contributed by atoms with E-state index in [9.17, 15) is 13.6 Å². The molecule has 5 nitrogen and oxygen atoms in total. The van der Waals surface area contributed by atoms with E-state index in [1.807, 2.05) is 14.1 Å². The first kappa shape index (κ1) is 16.2. The predicted octanol–water partition coefficient (Wildman–Crippen LogP) is 2.15. The topological polar surface area (TPSA) is 48.5 Å². The largest absolute Gasteiger partial charge is 0.308 e. The van der Waals surface area contributed by atoms with E-state index in [0.717, 1.165) is 43.5 Å². The third-order valence-electron chi connectivity index (χ3n) is 3.91. The number of carbonyl (C=O) groups excluding carboxylic acids is 1. The zero-order chi connectivity index (χ0) is 16.6. The van der Waals surface area contributed by atoms with E-state index in [1.54, 1.807) is 0 Å². The summed E-state index contributed by atoms with van der Waals surface area (Å²) in [5.41, 5.74) is 0.0878. The molecule has 124 valence electrons. The summed E-state index contributed by atoms with van der Waals surface area (Å²) in [5.74, 6) is -1.51. The van der Waals surface area contributed by atoms with Crippen molar-refractivity contribution in [2.24, 2.45) is 0 Å². The third-order valence-corrected chi connectivity index (χ3v) is 4.83. The maximum atomic E-state index is 13.7. The van der Waals surface area contributed by atoms with Crippen LogP contribution in [0.15, 0.2) is 12.1 Å². The summed E-state index contributed by atoms with van der Waals surface area (Å²) < 4.78 is 27.2. The van der Waals surface area contributed by atoms with E-state index >= 15 is 0 Å². The highest BCUT2D eigenvalue weighted by molar-refractivity contribution is 7.22. The summed E-state index contributed by atoms with van der Waals surface area (Å²) in [6.45, 7) is 2.60. The zero-order valence-electron chi connectivity index (χ0n) is 13.0. The van der Waals surface area contributed by atoms with E-state index in [1.165, 1.54) is 6.07 Å². The van der Waals surface area contributed by atoms with Crippen LogP contribution in [0.4, 0.5) is 13.9 Å². The highest BCUT2D eigenvalue weighted by Crippen LogP contribution is 2.29. The highest BCUT2D eigenvalue weighted by Gasteiger charge is 2.34. The van der Waals surface area contributed by atoms with Crippen molar-refractivity contribution in [1.29, 1.82) is 0 Å². The summed E-state index contributed by atoms with van der Waals surface area (Å²) in [6, 6.07) is 1.84. The van der Waals surface area contributed by atoms with Gasteiger partial charge in [-0.15, -0.1) is 0 Å². The molecule has 1 fully saturated rings. The Morgan fingerprint density at radius 1 is 1.48 bits per heavy atom. The van der Waals surface area contributed by atoms with Crippen molar-refractivity contribution in [1.82, 2.24) is 14.8 Å². The number of fused-ring (bicyclic) bond motifs is 1. The van der Waals surface area contributed by atoms with Gasteiger partial charge in [0.15, 0.2) is 10.9 Å². The molecule has 3 rings (SSSR count). The molecule has 0 radical (unpaired) electrons. The van der Waals surface area contributed by atoms with Crippen LogP contribution in [0.25, 0.3) is 10.2 Å². The van der Waals surface area contributed by atoms with Gasteiger partial charge in [0.2, 0.25) is 5.91 Å². The van der Waals surface area contributed by atoms with Gasteiger partial charge in [-0.3, -0.25) is 9.69 Å². The molecule has 1 aromatic heterocycles. The smallest absolute Gasteiger partial charge is 0.243 e. The molecule has 0 bridgehead atoms. The van der Waals surface area contributed by atoms with Crippen LogP contribution in [0.5, 0.6) is 0 Å². The molecule has 2 aromatic rings. The summed E-state index contributed by atoms with van der Waals surface area (Å²) in [6.07, 6.45) is 0.799. The van der Waals surface area contributed by atoms with Gasteiger partial charge in [0.25, 0.3) is 0 Å². The van der Waals surface area contributed by atoms with Gasteiger partial charge in [0, 0.05) is 25.7 Å². The molecular weight excluding hydrogens is 322 g/mol. The number of halogens is 2. The lowest BCUT2D eigenvalue weighted by Crippen LogP contribution is -2.55. The second-order valence-corrected chi connectivity index (χ2v) is 6.92. The quantitative estimate of drug-likeness (QED) is 0.906. The fourth-order valence-electron chi connectivity index (χ4n) is 2.53. The van der Waals surface area contributed by atoms with E-state index in [4.69, 9.17) is 0 Å². The molecule has 1 aliphatic heterocycles. The minimum Gasteiger partial charge on any atom is -0.308 e. The Morgan fingerprint density at radius 3 is 2.91 bits per heavy atom. The summed E-state index contributed by atoms with van der Waals surface area (Å²) >= 11 is 1.08. The van der Waals surface area contributed by atoms with Crippen LogP contribution in [0, 0.1) is 11.6 Å². The average Bonchev–Trinajstić information content (AvgIpc) is 2.79. The van der Waals surface area contributed by atoms with Gasteiger partial charge >= 0.3 is 0 Å². The number of likely N-dealkylation sites (N-methyl/N-ethyl adjacent to an activating group) is 1. The van der Waals surface area contributed by atoms with Gasteiger partial charge in [0.1, 0.15) is 11.3 Å². The van der Waals surface area contributed by atoms with Gasteiger partial charge in [-0.1, -0.05) is 11.3 Å². The number of likely N-dealkylation sites (tertiary alicyclic amines) is 1. The van der Waals surface area contributed by atoms with Crippen molar-refractivity contribution in [3.63, 3.8) is 0 Å². The van der Waals surface area contributed by atoms with Crippen molar-refractivity contribution >= 4 is 32.6 Å². The third kappa shape index (κ3) is 3.49. The molecule has 1 saturated heterocycles. The molecule has 1 aromatic carbocycles. The lowest BCUT2D eigenvalue weighted by Gasteiger charge is -2.40. The van der Waals surface area contributed by atoms with Gasteiger partial charge in [-0.25, -0.2) is 13.8 Å². The van der Waals surface area contributed by atoms with Crippen LogP contribution in [-0.2, 0) is 4.79 Å². The molecule has 0 aliphatic carbocycles. The number of thiazole rings is 1. The minimum atomic E-state index is -0.715. The summed E-state index contributed by atoms with van der Waals surface area (Å²) in [7, 11) is 3.98. The molecule has 8 heteroatoms. The molecule has 1 aliphatic rings. The van der Waals surface area contributed by atoms with Crippen LogP contribution in [-0.4, -0.2) is 60.5 Å². The molecule has 0 saturated carbocycles. The number of amides is 1. The normalized spacial score (nSPS) is 18.4. The number of aromatic nitrogens is 1. The van der Waals surface area contributed by atoms with E-state index in [-0.39, 0.29) is 17.5 Å². The molecule has 1 N–H and O–H groups in total. The van der Waals surface area contributed by atoms with Crippen LogP contribution in [0.1, 0.15) is 6.42 Å². The van der Waals surface area contributed by atoms with Crippen molar-refractivity contribution in [3.8, 4) is 0 Å². The van der Waals surface area contributed by atoms with E-state index < -0.39 is 11.6 Å². The number of hydrogen-bond donors (Lipinski definition) is 1. The molecule has 2 heterocycles. The lowest BCUT2D eigenvalue weighted by molar-refractivity contribution is -0.125. The van der Waals surface area contributed by atoms with Gasteiger partial charge in [-0.2, -0.15) is 0 Å². The van der Waals surface area contributed by atoms with Crippen molar-refractivity contribution < 1.29 is 13.6 Å². The first-order valence-electron chi connectivity index (χ1n) is 7.39. The van der Waals surface area contributed by atoms with Crippen molar-refractivity contribution in [3.05, 3.63) is 23.8 Å². The molecule has 23 heavy (non-hydrogen) atoms. The maximum Gasteiger partial charge on any atom is 0.243 e. The van der Waals surface area contributed by atoms with Crippen LogP contribution in [0.2, 0.25) is 0 Å². The molecule has 0 spiro atoms. The Balaban J connectivity index is 1.67. The number of nitrogens with zero attached hydrogens (tertiary/aromatic N) is 3. The second-order valence-electron chi connectivity index (χ2n) is 5.89. The van der Waals surface area contributed by atoms with Crippen LogP contribution in [0.3, 0.4) is 0 Å². The van der Waals surface area contributed by atoms with E-state index in [0.29, 0.717) is 9.83 Å². The lowest BCUT2D eigenvalue weighted by atomic mass is 10.0. The standard InChI is InChI=1S/C15H18F2N4OS/c1-20(2)5-6-21-4-3-11(21)14(22)19-15-18-13-10(17)7-9(16)8-12(13)23-15/h7-8,11H,3-6H2,1-2H3,(H,18,19,22). The van der Waals surface area contributed by atoms with Crippen LogP contribution >= 0.6 is 11.3 Å². The Morgan fingerprint density at radius 2 is 2.26 bits per heavy atom. The molecule has 1 atom stereocenters. The Bertz CT molecular complexity index is 734. The number of rotatable bonds is 5. The Hall–Kier alpha value is -1.64. The second kappa shape index (κ2) is 6.46. The fraction of sp³-hybridized carbons (Fsp3) is 0.467. The van der Waals surface area contributed by atoms with Gasteiger partial charge in [0.05, 0.1) is 10.7 Å². The number of nitrogens with one attached hydrogen (secondary N) is 1. The maximum absolute atomic E-state index is 13.7. The molecule has 1 unspecified atom stereocenters. The summed E-state index contributed by atoms with van der Waals surface area (Å²) in [5, 5.41) is 3.02. The first-order chi connectivity index (χ1) is 10.9. The van der Waals surface area contributed by atoms with Crippen LogP contribution < -0.4 is 5.32 Å². The Labute approximate surface area is 136 Å². The monoisotopic (exact) mass is 340 g/mol. The Kier molecular flexibility index (Phi) is 4.56. The fourth-order valence-corrected chi connectivity index (χ4v) is 3.44. The minimum absolute atomic E-state index is 0.0878. The SMILES string of the molecule is CN(C)CCN1CCC1C(=O)Nc1nc2c(F)cc(F)cc2s1. The first-order valence-corrected chi connectivity index (χ1v) is 8.21. The number of hydrogen-bond acceptors (Lipinski definition) is 5. The van der Waals surface area contributed by atoms with Gasteiger partial charge in [-0.05, 0) is 26.6 Å². The number of benzene rings is 1. The average molecular weight is 340 g/mol. The van der Waals surface area contributed by atoms with Gasteiger partial charge < -0.3 is 10.2 Å². The van der Waals surface area contributed by atoms with Crippen molar-refractivity contribution in [2.45, 2.75) is 12.5 Å². The summed E-state index contributed by atoms with van der Waals surface area (Å²) in [4.78, 5) is 20.5. The number of anilines is 1. The number of carbonyl (C=O) groups is 1. The molecular formula is C15H18F2N4OS. The van der Waals surface area contributed by atoms with E-state index in [2.05, 4.69) is 20.1 Å². The predicted molar refractivity (Wildman–Crippen MR) is 86.7 cm³/mol. The molecule has 1 amide bonds. The zero-order valence-corrected chi connectivity index (χ0v) is 13.8. The van der Waals surface area contributed by atoms with Crippen molar-refractivity contribution in [2.75, 3.05) is 39.0 Å². The highest BCUT2D eigenvalue weighted by atomic mass is 32.1.